The standard InChI is InChI=1S/C27H35N3O4/c1-32-21-13-15-22(16-14-21)33-20-8-18-30-24-10-5-4-9-23(24)29-26(30)12-3-2-6-17-28-27(31)25-11-7-19-34-25/h4-5,9-10,13-16,25H,2-3,6-8,11-12,17-20H2,1H3,(H,28,31). The molecule has 2 aromatic carbocycles. The highest BCUT2D eigenvalue weighted by atomic mass is 16.5. The molecule has 1 aliphatic heterocycles. The lowest BCUT2D eigenvalue weighted by Crippen LogP contribution is -2.34. The highest BCUT2D eigenvalue weighted by Gasteiger charge is 2.22. The number of carbonyl (C=O) groups is 1. The molecule has 0 spiro atoms. The normalized spacial score (nSPS) is 15.5. The molecule has 7 heteroatoms. The number of nitrogens with zero attached hydrogens (tertiary/aromatic N) is 2. The van der Waals surface area contributed by atoms with Gasteiger partial charge in [0.25, 0.3) is 0 Å². The molecule has 1 saturated heterocycles. The van der Waals surface area contributed by atoms with Gasteiger partial charge in [-0.1, -0.05) is 18.6 Å². The van der Waals surface area contributed by atoms with E-state index in [2.05, 4.69) is 28.1 Å². The molecular formula is C27H35N3O4. The number of fused-ring (bicyclic) bond motifs is 1. The van der Waals surface area contributed by atoms with E-state index in [-0.39, 0.29) is 12.0 Å². The number of carbonyl (C=O) groups excluding carboxylic acids is 1. The molecule has 1 unspecified atom stereocenters. The Kier molecular flexibility index (Phi) is 8.79. The van der Waals surface area contributed by atoms with Crippen LogP contribution in [0, 0.1) is 0 Å². The van der Waals surface area contributed by atoms with E-state index in [1.807, 2.05) is 30.3 Å². The van der Waals surface area contributed by atoms with Gasteiger partial charge in [-0.15, -0.1) is 0 Å². The first-order chi connectivity index (χ1) is 16.7. The maximum Gasteiger partial charge on any atom is 0.249 e. The average molecular weight is 466 g/mol. The van der Waals surface area contributed by atoms with Crippen molar-refractivity contribution in [1.82, 2.24) is 14.9 Å². The molecule has 34 heavy (non-hydrogen) atoms. The van der Waals surface area contributed by atoms with E-state index >= 15 is 0 Å². The molecule has 4 rings (SSSR count). The topological polar surface area (TPSA) is 74.6 Å². The number of unbranched alkanes of at least 4 members (excludes halogenated alkanes) is 2. The number of benzene rings is 2. The van der Waals surface area contributed by atoms with E-state index in [1.165, 1.54) is 5.52 Å². The number of hydrogen-bond acceptors (Lipinski definition) is 5. The number of aromatic nitrogens is 2. The lowest BCUT2D eigenvalue weighted by Gasteiger charge is -2.11. The van der Waals surface area contributed by atoms with Gasteiger partial charge in [0.15, 0.2) is 0 Å². The van der Waals surface area contributed by atoms with Gasteiger partial charge in [0.1, 0.15) is 23.4 Å². The zero-order valence-corrected chi connectivity index (χ0v) is 20.0. The number of aryl methyl sites for hydroxylation is 2. The molecule has 3 aromatic rings. The molecule has 1 fully saturated rings. The number of para-hydroxylation sites is 2. The van der Waals surface area contributed by atoms with Crippen molar-refractivity contribution in [3.05, 3.63) is 54.4 Å². The van der Waals surface area contributed by atoms with Crippen LogP contribution in [0.1, 0.15) is 44.3 Å². The van der Waals surface area contributed by atoms with Crippen LogP contribution in [0.2, 0.25) is 0 Å². The van der Waals surface area contributed by atoms with Gasteiger partial charge in [0, 0.05) is 26.1 Å². The fourth-order valence-corrected chi connectivity index (χ4v) is 4.35. The highest BCUT2D eigenvalue weighted by molar-refractivity contribution is 5.80. The van der Waals surface area contributed by atoms with E-state index in [1.54, 1.807) is 7.11 Å². The Hall–Kier alpha value is -3.06. The predicted octanol–water partition coefficient (Wildman–Crippen LogP) is 4.52. The largest absolute Gasteiger partial charge is 0.497 e. The van der Waals surface area contributed by atoms with E-state index in [0.717, 1.165) is 74.3 Å². The second kappa shape index (κ2) is 12.4. The first-order valence-corrected chi connectivity index (χ1v) is 12.3. The number of methoxy groups -OCH3 is 1. The minimum atomic E-state index is -0.242. The number of rotatable bonds is 13. The molecule has 0 aliphatic carbocycles. The highest BCUT2D eigenvalue weighted by Crippen LogP contribution is 2.20. The van der Waals surface area contributed by atoms with Crippen LogP contribution in [0.4, 0.5) is 0 Å². The average Bonchev–Trinajstić information content (AvgIpc) is 3.53. The van der Waals surface area contributed by atoms with Crippen LogP contribution < -0.4 is 14.8 Å². The fourth-order valence-electron chi connectivity index (χ4n) is 4.35. The second-order valence-corrected chi connectivity index (χ2v) is 8.65. The maximum absolute atomic E-state index is 12.0. The molecule has 2 heterocycles. The number of nitrogens with one attached hydrogen (secondary N) is 1. The Balaban J connectivity index is 1.23. The van der Waals surface area contributed by atoms with Gasteiger partial charge >= 0.3 is 0 Å². The van der Waals surface area contributed by atoms with Crippen molar-refractivity contribution >= 4 is 16.9 Å². The number of imidazole rings is 1. The molecule has 1 N–H and O–H groups in total. The van der Waals surface area contributed by atoms with Crippen LogP contribution in [-0.4, -0.2) is 48.4 Å². The van der Waals surface area contributed by atoms with Crippen LogP contribution in [0.15, 0.2) is 48.5 Å². The van der Waals surface area contributed by atoms with Gasteiger partial charge < -0.3 is 24.1 Å². The van der Waals surface area contributed by atoms with E-state index in [4.69, 9.17) is 19.2 Å². The van der Waals surface area contributed by atoms with E-state index in [0.29, 0.717) is 19.8 Å². The van der Waals surface area contributed by atoms with Crippen LogP contribution >= 0.6 is 0 Å². The summed E-state index contributed by atoms with van der Waals surface area (Å²) in [6.07, 6.45) is 6.46. The number of ether oxygens (including phenoxy) is 3. The van der Waals surface area contributed by atoms with Crippen molar-refractivity contribution in [2.45, 2.75) is 57.6 Å². The first-order valence-electron chi connectivity index (χ1n) is 12.3. The minimum Gasteiger partial charge on any atom is -0.497 e. The number of amides is 1. The van der Waals surface area contributed by atoms with Gasteiger partial charge in [-0.2, -0.15) is 0 Å². The molecule has 1 amide bonds. The summed E-state index contributed by atoms with van der Waals surface area (Å²) in [6.45, 7) is 2.91. The summed E-state index contributed by atoms with van der Waals surface area (Å²) in [5, 5.41) is 3.00. The molecule has 0 radical (unpaired) electrons. The van der Waals surface area contributed by atoms with Crippen molar-refractivity contribution in [2.24, 2.45) is 0 Å². The molecule has 0 bridgehead atoms. The summed E-state index contributed by atoms with van der Waals surface area (Å²) in [5.41, 5.74) is 2.21. The van der Waals surface area contributed by atoms with Crippen molar-refractivity contribution in [1.29, 1.82) is 0 Å². The summed E-state index contributed by atoms with van der Waals surface area (Å²) < 4.78 is 18.9. The predicted molar refractivity (Wildman–Crippen MR) is 132 cm³/mol. The Bertz CT molecular complexity index is 1040. The number of hydrogen-bond donors (Lipinski definition) is 1. The van der Waals surface area contributed by atoms with Gasteiger partial charge in [-0.25, -0.2) is 4.98 Å². The summed E-state index contributed by atoms with van der Waals surface area (Å²) in [4.78, 5) is 16.9. The molecule has 1 aliphatic rings. The molecule has 182 valence electrons. The maximum atomic E-state index is 12.0. The monoisotopic (exact) mass is 465 g/mol. The van der Waals surface area contributed by atoms with Crippen LogP contribution in [0.5, 0.6) is 11.5 Å². The second-order valence-electron chi connectivity index (χ2n) is 8.65. The van der Waals surface area contributed by atoms with Crippen molar-refractivity contribution < 1.29 is 19.0 Å². The quantitative estimate of drug-likeness (QED) is 0.376. The summed E-state index contributed by atoms with van der Waals surface area (Å²) in [5.74, 6) is 2.83. The fraction of sp³-hybridized carbons (Fsp3) is 0.481. The Morgan fingerprint density at radius 1 is 1.09 bits per heavy atom. The van der Waals surface area contributed by atoms with Gasteiger partial charge in [0.2, 0.25) is 5.91 Å². The van der Waals surface area contributed by atoms with E-state index in [9.17, 15) is 4.79 Å². The Labute approximate surface area is 201 Å². The van der Waals surface area contributed by atoms with Crippen LogP contribution in [0.3, 0.4) is 0 Å². The van der Waals surface area contributed by atoms with Crippen LogP contribution in [-0.2, 0) is 22.5 Å². The van der Waals surface area contributed by atoms with Gasteiger partial charge in [-0.3, -0.25) is 4.79 Å². The smallest absolute Gasteiger partial charge is 0.249 e. The molecular weight excluding hydrogens is 430 g/mol. The molecule has 1 atom stereocenters. The third-order valence-electron chi connectivity index (χ3n) is 6.19. The first kappa shape index (κ1) is 24.1. The third kappa shape index (κ3) is 6.50. The zero-order valence-electron chi connectivity index (χ0n) is 20.0. The van der Waals surface area contributed by atoms with Gasteiger partial charge in [-0.05, 0) is 68.5 Å². The molecule has 0 saturated carbocycles. The summed E-state index contributed by atoms with van der Waals surface area (Å²) in [6, 6.07) is 16.0. The SMILES string of the molecule is COc1ccc(OCCCn2c(CCCCCNC(=O)C3CCCO3)nc3ccccc32)cc1. The van der Waals surface area contributed by atoms with Crippen LogP contribution in [0.25, 0.3) is 11.0 Å². The zero-order chi connectivity index (χ0) is 23.6. The van der Waals surface area contributed by atoms with Crippen molar-refractivity contribution in [2.75, 3.05) is 26.9 Å². The third-order valence-corrected chi connectivity index (χ3v) is 6.19. The minimum absolute atomic E-state index is 0.0381. The Morgan fingerprint density at radius 2 is 1.91 bits per heavy atom. The summed E-state index contributed by atoms with van der Waals surface area (Å²) in [7, 11) is 1.66. The lowest BCUT2D eigenvalue weighted by atomic mass is 10.1. The summed E-state index contributed by atoms with van der Waals surface area (Å²) >= 11 is 0. The van der Waals surface area contributed by atoms with Crippen molar-refractivity contribution in [3.8, 4) is 11.5 Å². The molecule has 1 aromatic heterocycles. The van der Waals surface area contributed by atoms with E-state index < -0.39 is 0 Å². The van der Waals surface area contributed by atoms with Crippen molar-refractivity contribution in [3.63, 3.8) is 0 Å². The lowest BCUT2D eigenvalue weighted by molar-refractivity contribution is -0.130. The Morgan fingerprint density at radius 3 is 2.71 bits per heavy atom. The molecule has 7 nitrogen and oxygen atoms in total. The van der Waals surface area contributed by atoms with Gasteiger partial charge in [0.05, 0.1) is 24.8 Å².